The van der Waals surface area contributed by atoms with Crippen LogP contribution in [0.25, 0.3) is 0 Å². The lowest BCUT2D eigenvalue weighted by molar-refractivity contribution is -0.124. The summed E-state index contributed by atoms with van der Waals surface area (Å²) in [5.41, 5.74) is 6.14. The molecule has 2 amide bonds. The lowest BCUT2D eigenvalue weighted by Crippen LogP contribution is -2.46. The second-order valence-electron chi connectivity index (χ2n) is 4.93. The Morgan fingerprint density at radius 1 is 1.18 bits per heavy atom. The first-order valence-corrected chi connectivity index (χ1v) is 6.98. The summed E-state index contributed by atoms with van der Waals surface area (Å²) in [6.07, 6.45) is 1.54. The van der Waals surface area contributed by atoms with Crippen molar-refractivity contribution in [2.24, 2.45) is 5.73 Å². The van der Waals surface area contributed by atoms with Gasteiger partial charge >= 0.3 is 0 Å². The Labute approximate surface area is 128 Å². The minimum Gasteiger partial charge on any atom is -0.467 e. The fourth-order valence-corrected chi connectivity index (χ4v) is 2.05. The minimum atomic E-state index is -0.717. The van der Waals surface area contributed by atoms with Crippen molar-refractivity contribution in [2.75, 3.05) is 0 Å². The van der Waals surface area contributed by atoms with Gasteiger partial charge in [-0.3, -0.25) is 14.9 Å². The van der Waals surface area contributed by atoms with Crippen molar-refractivity contribution in [3.8, 4) is 0 Å². The van der Waals surface area contributed by atoms with Crippen molar-refractivity contribution < 1.29 is 14.0 Å². The molecule has 6 nitrogen and oxygen atoms in total. The van der Waals surface area contributed by atoms with Crippen LogP contribution in [0.4, 0.5) is 0 Å². The van der Waals surface area contributed by atoms with Crippen LogP contribution in [0.15, 0.2) is 53.1 Å². The predicted octanol–water partition coefficient (Wildman–Crippen LogP) is 1.10. The van der Waals surface area contributed by atoms with Gasteiger partial charge in [-0.25, -0.2) is 0 Å². The summed E-state index contributed by atoms with van der Waals surface area (Å²) < 4.78 is 5.14. The van der Waals surface area contributed by atoms with Crippen LogP contribution in [-0.2, 0) is 16.1 Å². The van der Waals surface area contributed by atoms with E-state index in [0.717, 1.165) is 5.56 Å². The molecule has 0 unspecified atom stereocenters. The third-order valence-corrected chi connectivity index (χ3v) is 3.24. The van der Waals surface area contributed by atoms with Crippen LogP contribution in [0, 0.1) is 0 Å². The monoisotopic (exact) mass is 301 g/mol. The molecular formula is C16H19N3O3. The first kappa shape index (κ1) is 15.8. The van der Waals surface area contributed by atoms with Crippen LogP contribution in [0.1, 0.15) is 24.3 Å². The number of hydrogen-bond donors (Lipinski definition) is 3. The molecule has 0 fully saturated rings. The van der Waals surface area contributed by atoms with Gasteiger partial charge in [0.1, 0.15) is 11.8 Å². The van der Waals surface area contributed by atoms with E-state index >= 15 is 0 Å². The maximum atomic E-state index is 12.1. The number of benzene rings is 1. The maximum Gasteiger partial charge on any atom is 0.239 e. The van der Waals surface area contributed by atoms with Crippen LogP contribution in [0.5, 0.6) is 0 Å². The summed E-state index contributed by atoms with van der Waals surface area (Å²) in [5, 5.41) is 5.68. The molecule has 2 aromatic rings. The van der Waals surface area contributed by atoms with E-state index in [1.807, 2.05) is 18.2 Å². The Bertz CT molecular complexity index is 611. The van der Waals surface area contributed by atoms with Gasteiger partial charge in [0, 0.05) is 0 Å². The summed E-state index contributed by atoms with van der Waals surface area (Å²) in [6, 6.07) is 11.3. The maximum absolute atomic E-state index is 12.1. The zero-order valence-electron chi connectivity index (χ0n) is 12.3. The van der Waals surface area contributed by atoms with Gasteiger partial charge in [0.2, 0.25) is 11.8 Å². The Morgan fingerprint density at radius 2 is 1.91 bits per heavy atom. The van der Waals surface area contributed by atoms with Gasteiger partial charge in [-0.15, -0.1) is 0 Å². The number of primary amides is 1. The van der Waals surface area contributed by atoms with Crippen LogP contribution in [0.3, 0.4) is 0 Å². The molecule has 2 atom stereocenters. The Balaban J connectivity index is 1.94. The molecule has 4 N–H and O–H groups in total. The molecule has 0 aliphatic heterocycles. The molecule has 1 aromatic heterocycles. The van der Waals surface area contributed by atoms with E-state index in [1.165, 1.54) is 0 Å². The van der Waals surface area contributed by atoms with Crippen LogP contribution < -0.4 is 16.4 Å². The minimum absolute atomic E-state index is 0.237. The van der Waals surface area contributed by atoms with Crippen LogP contribution in [0.2, 0.25) is 0 Å². The first-order valence-electron chi connectivity index (χ1n) is 6.98. The molecule has 6 heteroatoms. The van der Waals surface area contributed by atoms with Crippen molar-refractivity contribution in [1.82, 2.24) is 10.6 Å². The average Bonchev–Trinajstić information content (AvgIpc) is 3.04. The van der Waals surface area contributed by atoms with Crippen molar-refractivity contribution in [3.05, 3.63) is 60.1 Å². The number of nitrogens with one attached hydrogen (secondary N) is 2. The highest BCUT2D eigenvalue weighted by Gasteiger charge is 2.23. The predicted molar refractivity (Wildman–Crippen MR) is 81.5 cm³/mol. The third-order valence-electron chi connectivity index (χ3n) is 3.24. The summed E-state index contributed by atoms with van der Waals surface area (Å²) in [5.74, 6) is -0.106. The van der Waals surface area contributed by atoms with Gasteiger partial charge in [-0.2, -0.15) is 0 Å². The lowest BCUT2D eigenvalue weighted by Gasteiger charge is -2.20. The molecule has 1 heterocycles. The van der Waals surface area contributed by atoms with Crippen LogP contribution in [-0.4, -0.2) is 17.9 Å². The van der Waals surface area contributed by atoms with E-state index in [-0.39, 0.29) is 5.91 Å². The van der Waals surface area contributed by atoms with E-state index in [4.69, 9.17) is 10.2 Å². The highest BCUT2D eigenvalue weighted by Crippen LogP contribution is 2.12. The Morgan fingerprint density at radius 3 is 2.50 bits per heavy atom. The molecule has 2 rings (SSSR count). The molecular weight excluding hydrogens is 282 g/mol. The van der Waals surface area contributed by atoms with Gasteiger partial charge < -0.3 is 15.5 Å². The number of furan rings is 1. The lowest BCUT2D eigenvalue weighted by atomic mass is 10.1. The highest BCUT2D eigenvalue weighted by atomic mass is 16.3. The molecule has 0 aliphatic rings. The fraction of sp³-hybridized carbons (Fsp3) is 0.250. The molecule has 0 radical (unpaired) electrons. The summed E-state index contributed by atoms with van der Waals surface area (Å²) >= 11 is 0. The van der Waals surface area contributed by atoms with Gasteiger partial charge in [0.15, 0.2) is 0 Å². The molecule has 22 heavy (non-hydrogen) atoms. The summed E-state index contributed by atoms with van der Waals surface area (Å²) in [4.78, 5) is 23.7. The molecule has 0 saturated carbocycles. The van der Waals surface area contributed by atoms with E-state index in [0.29, 0.717) is 12.3 Å². The SMILES string of the molecule is C[C@H](N[C@H](C(N)=O)c1ccccc1)C(=O)NCc1ccco1. The molecule has 0 aliphatic carbocycles. The second kappa shape index (κ2) is 7.42. The van der Waals surface area contributed by atoms with Gasteiger partial charge in [-0.1, -0.05) is 30.3 Å². The summed E-state index contributed by atoms with van der Waals surface area (Å²) in [6.45, 7) is 1.97. The fourth-order valence-electron chi connectivity index (χ4n) is 2.05. The van der Waals surface area contributed by atoms with Gasteiger partial charge in [-0.05, 0) is 24.6 Å². The van der Waals surface area contributed by atoms with E-state index < -0.39 is 18.0 Å². The number of carbonyl (C=O) groups excluding carboxylic acids is 2. The second-order valence-corrected chi connectivity index (χ2v) is 4.93. The number of nitrogens with two attached hydrogens (primary N) is 1. The van der Waals surface area contributed by atoms with E-state index in [1.54, 1.807) is 37.5 Å². The van der Waals surface area contributed by atoms with E-state index in [9.17, 15) is 9.59 Å². The number of rotatable bonds is 7. The van der Waals surface area contributed by atoms with Gasteiger partial charge in [0.25, 0.3) is 0 Å². The van der Waals surface area contributed by atoms with Crippen molar-refractivity contribution in [1.29, 1.82) is 0 Å². The third kappa shape index (κ3) is 4.20. The smallest absolute Gasteiger partial charge is 0.239 e. The number of amides is 2. The normalized spacial score (nSPS) is 13.3. The molecule has 116 valence electrons. The van der Waals surface area contributed by atoms with Crippen molar-refractivity contribution >= 4 is 11.8 Å². The topological polar surface area (TPSA) is 97.4 Å². The molecule has 0 spiro atoms. The van der Waals surface area contributed by atoms with Crippen molar-refractivity contribution in [3.63, 3.8) is 0 Å². The molecule has 0 saturated heterocycles. The molecule has 0 bridgehead atoms. The van der Waals surface area contributed by atoms with E-state index in [2.05, 4.69) is 10.6 Å². The van der Waals surface area contributed by atoms with Crippen LogP contribution >= 0.6 is 0 Å². The Hall–Kier alpha value is -2.60. The highest BCUT2D eigenvalue weighted by molar-refractivity contribution is 5.85. The largest absolute Gasteiger partial charge is 0.467 e. The molecule has 1 aromatic carbocycles. The zero-order chi connectivity index (χ0) is 15.9. The first-order chi connectivity index (χ1) is 10.6. The summed E-state index contributed by atoms with van der Waals surface area (Å²) in [7, 11) is 0. The number of carbonyl (C=O) groups is 2. The standard InChI is InChI=1S/C16H19N3O3/c1-11(16(21)18-10-13-8-5-9-22-13)19-14(15(17)20)12-6-3-2-4-7-12/h2-9,11,14,19H,10H2,1H3,(H2,17,20)(H,18,21)/t11-,14-/m0/s1. The average molecular weight is 301 g/mol. The zero-order valence-corrected chi connectivity index (χ0v) is 12.3. The van der Waals surface area contributed by atoms with Gasteiger partial charge in [0.05, 0.1) is 18.8 Å². The Kier molecular flexibility index (Phi) is 5.32. The quantitative estimate of drug-likeness (QED) is 0.713. The van der Waals surface area contributed by atoms with Crippen molar-refractivity contribution in [2.45, 2.75) is 25.6 Å². The number of hydrogen-bond acceptors (Lipinski definition) is 4.